The number of benzene rings is 2. The molecule has 1 heterocycles. The molecule has 0 spiro atoms. The van der Waals surface area contributed by atoms with Crippen LogP contribution in [0.5, 0.6) is 11.5 Å². The molecule has 0 aromatic heterocycles. The molecule has 2 aromatic rings. The lowest BCUT2D eigenvalue weighted by Crippen LogP contribution is -2.19. The van der Waals surface area contributed by atoms with Gasteiger partial charge in [0.1, 0.15) is 11.5 Å². The third kappa shape index (κ3) is 3.25. The summed E-state index contributed by atoms with van der Waals surface area (Å²) in [5.41, 5.74) is 2.56. The molecule has 0 unspecified atom stereocenters. The maximum atomic E-state index is 6.09. The maximum absolute atomic E-state index is 6.09. The zero-order chi connectivity index (χ0) is 15.4. The average molecular weight is 298 g/mol. The number of ether oxygens (including phenoxy) is 3. The van der Waals surface area contributed by atoms with Crippen LogP contribution in [-0.2, 0) is 4.74 Å². The van der Waals surface area contributed by atoms with E-state index in [1.54, 1.807) is 14.2 Å². The summed E-state index contributed by atoms with van der Waals surface area (Å²) >= 11 is 0. The van der Waals surface area contributed by atoms with Crippen LogP contribution in [0.4, 0.5) is 0 Å². The van der Waals surface area contributed by atoms with Gasteiger partial charge in [0, 0.05) is 5.92 Å². The van der Waals surface area contributed by atoms with Crippen LogP contribution >= 0.6 is 0 Å². The van der Waals surface area contributed by atoms with Crippen LogP contribution in [0.25, 0.3) is 0 Å². The molecule has 3 heteroatoms. The van der Waals surface area contributed by atoms with E-state index in [4.69, 9.17) is 14.2 Å². The Bertz CT molecular complexity index is 526. The Morgan fingerprint density at radius 2 is 1.32 bits per heavy atom. The van der Waals surface area contributed by atoms with Gasteiger partial charge in [0.25, 0.3) is 0 Å². The van der Waals surface area contributed by atoms with Crippen LogP contribution in [-0.4, -0.2) is 20.8 Å². The molecule has 0 N–H and O–H groups in total. The molecule has 1 saturated heterocycles. The van der Waals surface area contributed by atoms with Crippen molar-refractivity contribution in [2.45, 2.75) is 24.9 Å². The van der Waals surface area contributed by atoms with E-state index < -0.39 is 0 Å². The summed E-state index contributed by atoms with van der Waals surface area (Å²) in [4.78, 5) is 0. The van der Waals surface area contributed by atoms with Crippen molar-refractivity contribution in [1.82, 2.24) is 0 Å². The number of hydrogen-bond acceptors (Lipinski definition) is 3. The third-order valence-electron chi connectivity index (χ3n) is 4.35. The van der Waals surface area contributed by atoms with Gasteiger partial charge in [-0.15, -0.1) is 0 Å². The Labute approximate surface area is 131 Å². The monoisotopic (exact) mass is 298 g/mol. The zero-order valence-corrected chi connectivity index (χ0v) is 13.1. The van der Waals surface area contributed by atoms with E-state index in [2.05, 4.69) is 24.3 Å². The highest BCUT2D eigenvalue weighted by molar-refractivity contribution is 5.31. The lowest BCUT2D eigenvalue weighted by Gasteiger charge is -2.29. The Morgan fingerprint density at radius 1 is 0.773 bits per heavy atom. The number of hydrogen-bond donors (Lipinski definition) is 0. The van der Waals surface area contributed by atoms with Crippen molar-refractivity contribution in [3.05, 3.63) is 59.7 Å². The van der Waals surface area contributed by atoms with Crippen molar-refractivity contribution in [1.29, 1.82) is 0 Å². The normalized spacial score (nSPS) is 21.4. The second-order valence-electron chi connectivity index (χ2n) is 5.64. The van der Waals surface area contributed by atoms with Crippen molar-refractivity contribution < 1.29 is 14.2 Å². The van der Waals surface area contributed by atoms with E-state index in [0.29, 0.717) is 5.92 Å². The lowest BCUT2D eigenvalue weighted by atomic mass is 9.89. The number of rotatable bonds is 4. The van der Waals surface area contributed by atoms with Gasteiger partial charge in [-0.3, -0.25) is 0 Å². The molecule has 1 aliphatic rings. The fourth-order valence-electron chi connectivity index (χ4n) is 2.97. The van der Waals surface area contributed by atoms with Crippen molar-refractivity contribution in [2.24, 2.45) is 0 Å². The first-order chi connectivity index (χ1) is 10.8. The Balaban J connectivity index is 1.61. The van der Waals surface area contributed by atoms with Gasteiger partial charge in [-0.25, -0.2) is 0 Å². The molecule has 0 amide bonds. The van der Waals surface area contributed by atoms with Crippen LogP contribution < -0.4 is 9.47 Å². The van der Waals surface area contributed by atoms with Gasteiger partial charge >= 0.3 is 0 Å². The summed E-state index contributed by atoms with van der Waals surface area (Å²) in [6.07, 6.45) is 2.38. The fourth-order valence-corrected chi connectivity index (χ4v) is 2.97. The van der Waals surface area contributed by atoms with Crippen LogP contribution in [0, 0.1) is 0 Å². The third-order valence-corrected chi connectivity index (χ3v) is 4.35. The van der Waals surface area contributed by atoms with Crippen LogP contribution in [0.15, 0.2) is 48.5 Å². The first kappa shape index (κ1) is 14.9. The van der Waals surface area contributed by atoms with Gasteiger partial charge in [-0.05, 0) is 48.2 Å². The summed E-state index contributed by atoms with van der Waals surface area (Å²) in [5.74, 6) is 2.26. The highest BCUT2D eigenvalue weighted by Gasteiger charge is 2.24. The van der Waals surface area contributed by atoms with Crippen LogP contribution in [0.3, 0.4) is 0 Å². The zero-order valence-electron chi connectivity index (χ0n) is 13.1. The molecular weight excluding hydrogens is 276 g/mol. The first-order valence-corrected chi connectivity index (χ1v) is 7.69. The van der Waals surface area contributed by atoms with Crippen LogP contribution in [0.1, 0.15) is 36.0 Å². The van der Waals surface area contributed by atoms with E-state index in [1.165, 1.54) is 11.1 Å². The first-order valence-electron chi connectivity index (χ1n) is 7.69. The number of methoxy groups -OCH3 is 2. The van der Waals surface area contributed by atoms with E-state index in [0.717, 1.165) is 30.9 Å². The van der Waals surface area contributed by atoms with Gasteiger partial charge in [0.05, 0.1) is 26.9 Å². The summed E-state index contributed by atoms with van der Waals surface area (Å²) in [6.45, 7) is 0.767. The Hall–Kier alpha value is -2.00. The molecule has 3 rings (SSSR count). The summed E-state index contributed by atoms with van der Waals surface area (Å²) in [7, 11) is 3.38. The summed E-state index contributed by atoms with van der Waals surface area (Å²) in [5, 5.41) is 0. The Morgan fingerprint density at radius 3 is 1.77 bits per heavy atom. The van der Waals surface area contributed by atoms with Crippen molar-refractivity contribution >= 4 is 0 Å². The smallest absolute Gasteiger partial charge is 0.118 e. The van der Waals surface area contributed by atoms with Gasteiger partial charge in [0.2, 0.25) is 0 Å². The lowest BCUT2D eigenvalue weighted by molar-refractivity contribution is 0.00235. The Kier molecular flexibility index (Phi) is 4.64. The highest BCUT2D eigenvalue weighted by Crippen LogP contribution is 2.36. The molecule has 0 aliphatic carbocycles. The minimum Gasteiger partial charge on any atom is -0.497 e. The molecule has 1 aliphatic heterocycles. The maximum Gasteiger partial charge on any atom is 0.118 e. The molecule has 0 radical (unpaired) electrons. The molecule has 1 fully saturated rings. The molecule has 0 saturated carbocycles. The van der Waals surface area contributed by atoms with E-state index >= 15 is 0 Å². The van der Waals surface area contributed by atoms with Crippen molar-refractivity contribution in [2.75, 3.05) is 20.8 Å². The predicted molar refractivity (Wildman–Crippen MR) is 86.7 cm³/mol. The van der Waals surface area contributed by atoms with Crippen molar-refractivity contribution in [3.8, 4) is 11.5 Å². The largest absolute Gasteiger partial charge is 0.497 e. The minimum atomic E-state index is 0.195. The minimum absolute atomic E-state index is 0.195. The molecule has 2 aromatic carbocycles. The predicted octanol–water partition coefficient (Wildman–Crippen LogP) is 4.34. The van der Waals surface area contributed by atoms with Gasteiger partial charge in [0.15, 0.2) is 0 Å². The molecule has 2 atom stereocenters. The second kappa shape index (κ2) is 6.84. The SMILES string of the molecule is COc1ccc([C@@H]2CC[C@@H](c3ccc(OC)cc3)OC2)cc1. The topological polar surface area (TPSA) is 27.7 Å². The van der Waals surface area contributed by atoms with Gasteiger partial charge in [-0.2, -0.15) is 0 Å². The van der Waals surface area contributed by atoms with Crippen LogP contribution in [0.2, 0.25) is 0 Å². The molecule has 0 bridgehead atoms. The van der Waals surface area contributed by atoms with E-state index in [1.807, 2.05) is 24.3 Å². The molecule has 22 heavy (non-hydrogen) atoms. The van der Waals surface area contributed by atoms with E-state index in [-0.39, 0.29) is 6.10 Å². The van der Waals surface area contributed by atoms with Gasteiger partial charge in [-0.1, -0.05) is 24.3 Å². The molecule has 3 nitrogen and oxygen atoms in total. The average Bonchev–Trinajstić information content (AvgIpc) is 2.62. The fraction of sp³-hybridized carbons (Fsp3) is 0.368. The standard InChI is InChI=1S/C19H22O3/c1-20-17-8-3-14(4-9-17)16-7-12-19(22-13-16)15-5-10-18(21-2)11-6-15/h3-6,8-11,16,19H,7,12-13H2,1-2H3/t16-,19+/m1/s1. The molecular formula is C19H22O3. The summed E-state index contributed by atoms with van der Waals surface area (Å²) < 4.78 is 16.5. The second-order valence-corrected chi connectivity index (χ2v) is 5.64. The highest BCUT2D eigenvalue weighted by atomic mass is 16.5. The van der Waals surface area contributed by atoms with Crippen molar-refractivity contribution in [3.63, 3.8) is 0 Å². The van der Waals surface area contributed by atoms with Gasteiger partial charge < -0.3 is 14.2 Å². The van der Waals surface area contributed by atoms with E-state index in [9.17, 15) is 0 Å². The quantitative estimate of drug-likeness (QED) is 0.840. The molecule has 116 valence electrons. The summed E-state index contributed by atoms with van der Waals surface area (Å²) in [6, 6.07) is 16.5.